The third kappa shape index (κ3) is 5.94. The van der Waals surface area contributed by atoms with Gasteiger partial charge in [-0.2, -0.15) is 0 Å². The molecule has 0 saturated carbocycles. The maximum Gasteiger partial charge on any atom is 0.573 e. The van der Waals surface area contributed by atoms with E-state index in [1.807, 2.05) is 0 Å². The maximum absolute atomic E-state index is 12.6. The van der Waals surface area contributed by atoms with Crippen molar-refractivity contribution in [2.75, 3.05) is 7.05 Å². The van der Waals surface area contributed by atoms with E-state index in [4.69, 9.17) is 5.14 Å². The molecule has 2 N–H and O–H groups in total. The Kier molecular flexibility index (Phi) is 6.17. The summed E-state index contributed by atoms with van der Waals surface area (Å²) in [6.07, 6.45) is -4.78. The maximum atomic E-state index is 12.6. The third-order valence-corrected chi connectivity index (χ3v) is 5.02. The average Bonchev–Trinajstić information content (AvgIpc) is 2.54. The molecule has 0 atom stereocenters. The lowest BCUT2D eigenvalue weighted by atomic mass is 10.1. The number of sulfonamides is 1. The van der Waals surface area contributed by atoms with E-state index in [-0.39, 0.29) is 22.8 Å². The Hall–Kier alpha value is -2.11. The SMILES string of the molecule is CN(Cc1ccc(OC(F)(F)F)cc1)C(=O)c1cc(S(N)(=O)=O)ccc1Br. The van der Waals surface area contributed by atoms with Crippen LogP contribution in [-0.4, -0.2) is 32.6 Å². The molecule has 27 heavy (non-hydrogen) atoms. The van der Waals surface area contributed by atoms with Crippen molar-refractivity contribution in [1.82, 2.24) is 4.90 Å². The number of amides is 1. The molecule has 0 heterocycles. The van der Waals surface area contributed by atoms with Crippen LogP contribution < -0.4 is 9.88 Å². The van der Waals surface area contributed by atoms with Crippen LogP contribution >= 0.6 is 15.9 Å². The van der Waals surface area contributed by atoms with Crippen LogP contribution in [0.3, 0.4) is 0 Å². The molecule has 0 aliphatic carbocycles. The van der Waals surface area contributed by atoms with Gasteiger partial charge in [-0.25, -0.2) is 13.6 Å². The van der Waals surface area contributed by atoms with Gasteiger partial charge >= 0.3 is 6.36 Å². The van der Waals surface area contributed by atoms with Gasteiger partial charge in [0.25, 0.3) is 5.91 Å². The number of primary sulfonamides is 1. The van der Waals surface area contributed by atoms with Crippen LogP contribution in [0.15, 0.2) is 51.8 Å². The molecule has 0 aromatic heterocycles. The Morgan fingerprint density at radius 1 is 1.19 bits per heavy atom. The van der Waals surface area contributed by atoms with Crippen LogP contribution in [0.1, 0.15) is 15.9 Å². The number of nitrogens with two attached hydrogens (primary N) is 1. The van der Waals surface area contributed by atoms with E-state index >= 15 is 0 Å². The van der Waals surface area contributed by atoms with Crippen molar-refractivity contribution in [3.8, 4) is 5.75 Å². The van der Waals surface area contributed by atoms with Gasteiger partial charge < -0.3 is 9.64 Å². The molecule has 0 saturated heterocycles. The number of hydrogen-bond acceptors (Lipinski definition) is 4. The second kappa shape index (κ2) is 7.87. The van der Waals surface area contributed by atoms with E-state index < -0.39 is 22.3 Å². The normalized spacial score (nSPS) is 11.9. The molecule has 2 rings (SSSR count). The summed E-state index contributed by atoms with van der Waals surface area (Å²) < 4.78 is 63.6. The minimum Gasteiger partial charge on any atom is -0.406 e. The molecular weight excluding hydrogens is 453 g/mol. The monoisotopic (exact) mass is 466 g/mol. The highest BCUT2D eigenvalue weighted by molar-refractivity contribution is 9.10. The first-order chi connectivity index (χ1) is 12.4. The largest absolute Gasteiger partial charge is 0.573 e. The highest BCUT2D eigenvalue weighted by Crippen LogP contribution is 2.24. The highest BCUT2D eigenvalue weighted by atomic mass is 79.9. The van der Waals surface area contributed by atoms with Gasteiger partial charge in [0.2, 0.25) is 10.0 Å². The summed E-state index contributed by atoms with van der Waals surface area (Å²) in [5.41, 5.74) is 0.639. The molecule has 2 aromatic carbocycles. The van der Waals surface area contributed by atoms with Crippen LogP contribution in [-0.2, 0) is 16.6 Å². The smallest absolute Gasteiger partial charge is 0.406 e. The Balaban J connectivity index is 2.16. The van der Waals surface area contributed by atoms with Gasteiger partial charge in [-0.15, -0.1) is 13.2 Å². The quantitative estimate of drug-likeness (QED) is 0.731. The number of carbonyl (C=O) groups is 1. The van der Waals surface area contributed by atoms with Crippen molar-refractivity contribution in [2.24, 2.45) is 5.14 Å². The highest BCUT2D eigenvalue weighted by Gasteiger charge is 2.31. The summed E-state index contributed by atoms with van der Waals surface area (Å²) in [7, 11) is -2.51. The van der Waals surface area contributed by atoms with Crippen LogP contribution in [0.25, 0.3) is 0 Å². The van der Waals surface area contributed by atoms with Crippen molar-refractivity contribution in [2.45, 2.75) is 17.8 Å². The number of ether oxygens (including phenoxy) is 1. The number of nitrogens with zero attached hydrogens (tertiary/aromatic N) is 1. The van der Waals surface area contributed by atoms with Gasteiger partial charge in [-0.05, 0) is 51.8 Å². The summed E-state index contributed by atoms with van der Waals surface area (Å²) in [5.74, 6) is -0.869. The Bertz CT molecular complexity index is 947. The number of benzene rings is 2. The van der Waals surface area contributed by atoms with Crippen molar-refractivity contribution in [3.05, 3.63) is 58.1 Å². The van der Waals surface area contributed by atoms with Gasteiger partial charge in [0.1, 0.15) is 5.75 Å². The van der Waals surface area contributed by atoms with Crippen LogP contribution in [0.4, 0.5) is 13.2 Å². The minimum atomic E-state index is -4.78. The number of hydrogen-bond donors (Lipinski definition) is 1. The second-order valence-corrected chi connectivity index (χ2v) is 7.96. The van der Waals surface area contributed by atoms with Gasteiger partial charge in [-0.1, -0.05) is 12.1 Å². The molecular formula is C16H14BrF3N2O4S. The van der Waals surface area contributed by atoms with Crippen LogP contribution in [0.2, 0.25) is 0 Å². The van der Waals surface area contributed by atoms with E-state index in [9.17, 15) is 26.4 Å². The van der Waals surface area contributed by atoms with Gasteiger partial charge in [0, 0.05) is 18.1 Å². The molecule has 11 heteroatoms. The second-order valence-electron chi connectivity index (χ2n) is 5.54. The van der Waals surface area contributed by atoms with E-state index in [1.165, 1.54) is 36.2 Å². The third-order valence-electron chi connectivity index (χ3n) is 3.42. The van der Waals surface area contributed by atoms with Crippen molar-refractivity contribution in [1.29, 1.82) is 0 Å². The molecule has 1 amide bonds. The van der Waals surface area contributed by atoms with Crippen molar-refractivity contribution < 1.29 is 31.1 Å². The molecule has 2 aromatic rings. The summed E-state index contributed by atoms with van der Waals surface area (Å²) in [4.78, 5) is 13.7. The first-order valence-corrected chi connectivity index (χ1v) is 9.63. The fourth-order valence-corrected chi connectivity index (χ4v) is 3.15. The first-order valence-electron chi connectivity index (χ1n) is 7.29. The Morgan fingerprint density at radius 2 is 1.78 bits per heavy atom. The van der Waals surface area contributed by atoms with Crippen LogP contribution in [0.5, 0.6) is 5.75 Å². The minimum absolute atomic E-state index is 0.0805. The molecule has 0 aliphatic rings. The van der Waals surface area contributed by atoms with E-state index in [0.29, 0.717) is 10.0 Å². The molecule has 0 bridgehead atoms. The zero-order valence-corrected chi connectivity index (χ0v) is 16.2. The van der Waals surface area contributed by atoms with Crippen molar-refractivity contribution in [3.63, 3.8) is 0 Å². The molecule has 0 radical (unpaired) electrons. The zero-order chi connectivity index (χ0) is 20.4. The molecule has 6 nitrogen and oxygen atoms in total. The standard InChI is InChI=1S/C16H14BrF3N2O4S/c1-22(9-10-2-4-11(5-3-10)26-16(18,19)20)15(23)13-8-12(27(21,24)25)6-7-14(13)17/h2-8H,9H2,1H3,(H2,21,24,25). The van der Waals surface area contributed by atoms with Crippen molar-refractivity contribution >= 4 is 31.9 Å². The number of carbonyl (C=O) groups excluding carboxylic acids is 1. The summed E-state index contributed by atoms with van der Waals surface area (Å²) >= 11 is 3.18. The average molecular weight is 467 g/mol. The molecule has 0 unspecified atom stereocenters. The fraction of sp³-hybridized carbons (Fsp3) is 0.188. The topological polar surface area (TPSA) is 89.7 Å². The predicted octanol–water partition coefficient (Wildman–Crippen LogP) is 3.27. The van der Waals surface area contributed by atoms with Gasteiger partial charge in [-0.3, -0.25) is 4.79 Å². The molecule has 146 valence electrons. The predicted molar refractivity (Wildman–Crippen MR) is 94.4 cm³/mol. The number of alkyl halides is 3. The Labute approximate surface area is 161 Å². The molecule has 0 spiro atoms. The van der Waals surface area contributed by atoms with Gasteiger partial charge in [0.05, 0.1) is 10.5 Å². The summed E-state index contributed by atoms with van der Waals surface area (Å²) in [6, 6.07) is 8.86. The Morgan fingerprint density at radius 3 is 2.30 bits per heavy atom. The zero-order valence-electron chi connectivity index (χ0n) is 13.8. The summed E-state index contributed by atoms with van der Waals surface area (Å²) in [5, 5.41) is 5.07. The lowest BCUT2D eigenvalue weighted by molar-refractivity contribution is -0.274. The fourth-order valence-electron chi connectivity index (χ4n) is 2.19. The van der Waals surface area contributed by atoms with Crippen LogP contribution in [0, 0.1) is 0 Å². The first kappa shape index (κ1) is 21.2. The molecule has 0 fully saturated rings. The van der Waals surface area contributed by atoms with Gasteiger partial charge in [0.15, 0.2) is 0 Å². The number of halogens is 4. The lowest BCUT2D eigenvalue weighted by Crippen LogP contribution is -2.27. The lowest BCUT2D eigenvalue weighted by Gasteiger charge is -2.19. The van der Waals surface area contributed by atoms with E-state index in [0.717, 1.165) is 18.2 Å². The molecule has 0 aliphatic heterocycles. The summed E-state index contributed by atoms with van der Waals surface area (Å²) in [6.45, 7) is 0.0805. The number of rotatable bonds is 5. The van der Waals surface area contributed by atoms with E-state index in [2.05, 4.69) is 20.7 Å². The van der Waals surface area contributed by atoms with E-state index in [1.54, 1.807) is 0 Å².